The van der Waals surface area contributed by atoms with E-state index in [2.05, 4.69) is 32.2 Å². The third-order valence-electron chi connectivity index (χ3n) is 4.67. The lowest BCUT2D eigenvalue weighted by Crippen LogP contribution is -2.45. The zero-order valence-electron chi connectivity index (χ0n) is 17.1. The summed E-state index contributed by atoms with van der Waals surface area (Å²) in [5.74, 6) is 5.86. The van der Waals surface area contributed by atoms with Gasteiger partial charge in [0.15, 0.2) is 0 Å². The maximum atomic E-state index is 13.1. The Morgan fingerprint density at radius 2 is 2.12 bits per heavy atom. The standard InChI is InChI=1S/C22H18FN7O2/c1-15(19-5-4-18(23)13-25-19)28-22(31)30-8-9-32-21-20(30)10-16(11-26-21)2-3-17-12-27-29(14-17)7-6-24/h4-5,10-15H,7-9H2,1H3,(H,28,31)/t15-/m0/s1. The van der Waals surface area contributed by atoms with Crippen molar-refractivity contribution in [3.8, 4) is 23.8 Å². The molecule has 32 heavy (non-hydrogen) atoms. The lowest BCUT2D eigenvalue weighted by atomic mass is 10.2. The van der Waals surface area contributed by atoms with Gasteiger partial charge in [0.25, 0.3) is 0 Å². The SMILES string of the molecule is C[C@H](NC(=O)N1CCOc2ncc(C#Cc3cnn(CC#N)c3)cc21)c1ccc(F)cn1. The number of anilines is 1. The van der Waals surface area contributed by atoms with Crippen molar-refractivity contribution >= 4 is 11.7 Å². The molecule has 1 aliphatic heterocycles. The summed E-state index contributed by atoms with van der Waals surface area (Å²) >= 11 is 0. The Bertz CT molecular complexity index is 1240. The molecule has 9 nitrogen and oxygen atoms in total. The third-order valence-corrected chi connectivity index (χ3v) is 4.67. The molecule has 4 heterocycles. The molecular weight excluding hydrogens is 413 g/mol. The Morgan fingerprint density at radius 1 is 1.28 bits per heavy atom. The minimum Gasteiger partial charge on any atom is -0.474 e. The smallest absolute Gasteiger partial charge is 0.322 e. The minimum atomic E-state index is -0.438. The van der Waals surface area contributed by atoms with E-state index in [1.807, 2.05) is 6.07 Å². The van der Waals surface area contributed by atoms with Crippen molar-refractivity contribution < 1.29 is 13.9 Å². The summed E-state index contributed by atoms with van der Waals surface area (Å²) in [7, 11) is 0. The first-order valence-corrected chi connectivity index (χ1v) is 9.77. The fourth-order valence-corrected chi connectivity index (χ4v) is 3.09. The van der Waals surface area contributed by atoms with Crippen LogP contribution in [-0.2, 0) is 6.54 Å². The van der Waals surface area contributed by atoms with Gasteiger partial charge >= 0.3 is 6.03 Å². The monoisotopic (exact) mass is 431 g/mol. The molecule has 160 valence electrons. The lowest BCUT2D eigenvalue weighted by molar-refractivity contribution is 0.235. The zero-order valence-corrected chi connectivity index (χ0v) is 17.1. The Balaban J connectivity index is 1.52. The fraction of sp³-hybridized carbons (Fsp3) is 0.227. The summed E-state index contributed by atoms with van der Waals surface area (Å²) in [6.45, 7) is 2.56. The number of hydrogen-bond donors (Lipinski definition) is 1. The van der Waals surface area contributed by atoms with Crippen molar-refractivity contribution in [2.24, 2.45) is 0 Å². The molecule has 0 unspecified atom stereocenters. The second kappa shape index (κ2) is 9.14. The molecule has 3 aromatic rings. The van der Waals surface area contributed by atoms with Gasteiger partial charge in [-0.1, -0.05) is 11.8 Å². The number of nitrogens with one attached hydrogen (secondary N) is 1. The van der Waals surface area contributed by atoms with Crippen LogP contribution in [0.2, 0.25) is 0 Å². The van der Waals surface area contributed by atoms with Crippen LogP contribution in [0, 0.1) is 29.0 Å². The highest BCUT2D eigenvalue weighted by molar-refractivity contribution is 5.94. The van der Waals surface area contributed by atoms with Gasteiger partial charge in [-0.2, -0.15) is 10.4 Å². The first kappa shape index (κ1) is 20.8. The van der Waals surface area contributed by atoms with Gasteiger partial charge in [-0.15, -0.1) is 0 Å². The number of pyridine rings is 2. The molecule has 3 aromatic heterocycles. The number of amides is 2. The van der Waals surface area contributed by atoms with Gasteiger partial charge in [0.2, 0.25) is 5.88 Å². The number of nitriles is 1. The quantitative estimate of drug-likeness (QED) is 0.638. The number of ether oxygens (including phenoxy) is 1. The molecule has 4 rings (SSSR count). The molecule has 0 saturated heterocycles. The van der Waals surface area contributed by atoms with E-state index in [4.69, 9.17) is 10.00 Å². The molecule has 1 aliphatic rings. The van der Waals surface area contributed by atoms with Crippen molar-refractivity contribution in [1.82, 2.24) is 25.1 Å². The lowest BCUT2D eigenvalue weighted by Gasteiger charge is -2.29. The first-order chi connectivity index (χ1) is 15.5. The minimum absolute atomic E-state index is 0.148. The highest BCUT2D eigenvalue weighted by Gasteiger charge is 2.26. The second-order valence-corrected chi connectivity index (χ2v) is 6.96. The predicted molar refractivity (Wildman–Crippen MR) is 112 cm³/mol. The topological polar surface area (TPSA) is 109 Å². The number of halogens is 1. The summed E-state index contributed by atoms with van der Waals surface area (Å²) in [6, 6.07) is 5.80. The summed E-state index contributed by atoms with van der Waals surface area (Å²) in [5.41, 5.74) is 2.29. The fourth-order valence-electron chi connectivity index (χ4n) is 3.09. The van der Waals surface area contributed by atoms with Gasteiger partial charge in [0.1, 0.15) is 24.7 Å². The number of rotatable bonds is 3. The number of urea groups is 1. The van der Waals surface area contributed by atoms with Crippen LogP contribution in [0.4, 0.5) is 14.9 Å². The molecule has 0 radical (unpaired) electrons. The maximum absolute atomic E-state index is 13.1. The van der Waals surface area contributed by atoms with Gasteiger partial charge < -0.3 is 10.1 Å². The second-order valence-electron chi connectivity index (χ2n) is 6.96. The van der Waals surface area contributed by atoms with Crippen LogP contribution in [0.15, 0.2) is 43.0 Å². The van der Waals surface area contributed by atoms with Crippen molar-refractivity contribution in [3.05, 3.63) is 65.6 Å². The molecule has 1 N–H and O–H groups in total. The average Bonchev–Trinajstić information content (AvgIpc) is 3.25. The normalized spacial score (nSPS) is 13.1. The average molecular weight is 431 g/mol. The molecule has 0 bridgehead atoms. The van der Waals surface area contributed by atoms with Crippen LogP contribution >= 0.6 is 0 Å². The van der Waals surface area contributed by atoms with E-state index in [1.54, 1.807) is 31.6 Å². The van der Waals surface area contributed by atoms with Crippen molar-refractivity contribution in [2.45, 2.75) is 19.5 Å². The summed E-state index contributed by atoms with van der Waals surface area (Å²) in [6.07, 6.45) is 5.93. The summed E-state index contributed by atoms with van der Waals surface area (Å²) < 4.78 is 20.2. The number of carbonyl (C=O) groups is 1. The highest BCUT2D eigenvalue weighted by atomic mass is 19.1. The third kappa shape index (κ3) is 4.65. The van der Waals surface area contributed by atoms with Gasteiger partial charge in [-0.25, -0.2) is 14.2 Å². The van der Waals surface area contributed by atoms with E-state index in [9.17, 15) is 9.18 Å². The van der Waals surface area contributed by atoms with Crippen molar-refractivity contribution in [3.63, 3.8) is 0 Å². The first-order valence-electron chi connectivity index (χ1n) is 9.77. The van der Waals surface area contributed by atoms with E-state index < -0.39 is 11.9 Å². The van der Waals surface area contributed by atoms with Crippen LogP contribution in [0.5, 0.6) is 5.88 Å². The Hall–Kier alpha value is -4.44. The molecule has 0 spiro atoms. The van der Waals surface area contributed by atoms with Crippen molar-refractivity contribution in [1.29, 1.82) is 5.26 Å². The molecule has 1 atom stereocenters. The zero-order chi connectivity index (χ0) is 22.5. The number of carbonyl (C=O) groups excluding carboxylic acids is 1. The van der Waals surface area contributed by atoms with Crippen molar-refractivity contribution in [2.75, 3.05) is 18.1 Å². The Morgan fingerprint density at radius 3 is 2.91 bits per heavy atom. The van der Waals surface area contributed by atoms with E-state index in [0.29, 0.717) is 41.5 Å². The van der Waals surface area contributed by atoms with Gasteiger partial charge in [0, 0.05) is 18.0 Å². The van der Waals surface area contributed by atoms with Gasteiger partial charge in [-0.05, 0) is 25.1 Å². The van der Waals surface area contributed by atoms with Gasteiger partial charge in [0.05, 0.1) is 42.3 Å². The number of hydrogen-bond acceptors (Lipinski definition) is 6. The molecule has 2 amide bonds. The molecule has 0 aromatic carbocycles. The molecule has 0 aliphatic carbocycles. The van der Waals surface area contributed by atoms with E-state index in [-0.39, 0.29) is 12.6 Å². The molecule has 10 heteroatoms. The maximum Gasteiger partial charge on any atom is 0.322 e. The molecular formula is C22H18FN7O2. The van der Waals surface area contributed by atoms with Crippen LogP contribution in [-0.4, -0.2) is 38.9 Å². The molecule has 0 fully saturated rings. The van der Waals surface area contributed by atoms with E-state index >= 15 is 0 Å². The Kier molecular flexibility index (Phi) is 5.95. The van der Waals surface area contributed by atoms with Crippen LogP contribution in [0.3, 0.4) is 0 Å². The van der Waals surface area contributed by atoms with Crippen LogP contribution in [0.25, 0.3) is 0 Å². The van der Waals surface area contributed by atoms with Gasteiger partial charge in [-0.3, -0.25) is 14.6 Å². The predicted octanol–water partition coefficient (Wildman–Crippen LogP) is 2.41. The van der Waals surface area contributed by atoms with Crippen LogP contribution in [0.1, 0.15) is 29.8 Å². The Labute approximate surface area is 183 Å². The summed E-state index contributed by atoms with van der Waals surface area (Å²) in [4.78, 5) is 22.7. The molecule has 0 saturated carbocycles. The largest absolute Gasteiger partial charge is 0.474 e. The number of fused-ring (bicyclic) bond motifs is 1. The van der Waals surface area contributed by atoms with E-state index in [1.165, 1.54) is 21.7 Å². The van der Waals surface area contributed by atoms with Crippen LogP contribution < -0.4 is 15.0 Å². The summed E-state index contributed by atoms with van der Waals surface area (Å²) in [5, 5.41) is 15.6. The number of nitrogens with zero attached hydrogens (tertiary/aromatic N) is 6. The van der Waals surface area contributed by atoms with E-state index in [0.717, 1.165) is 6.20 Å². The highest BCUT2D eigenvalue weighted by Crippen LogP contribution is 2.30. The number of aromatic nitrogens is 4.